The maximum absolute atomic E-state index is 10.8. The second kappa shape index (κ2) is 8.32. The summed E-state index contributed by atoms with van der Waals surface area (Å²) < 4.78 is 4.46. The zero-order valence-corrected chi connectivity index (χ0v) is 8.74. The standard InChI is InChI=1S/C8H12Cl2O3/c9-5-1-3-7(11)13-8(12)4-2-6-10/h1-6H2. The topological polar surface area (TPSA) is 43.4 Å². The third-order valence-electron chi connectivity index (χ3n) is 1.26. The van der Waals surface area contributed by atoms with Gasteiger partial charge >= 0.3 is 11.9 Å². The van der Waals surface area contributed by atoms with Gasteiger partial charge in [-0.2, -0.15) is 0 Å². The zero-order chi connectivity index (χ0) is 10.1. The fraction of sp³-hybridized carbons (Fsp3) is 0.750. The molecule has 0 saturated heterocycles. The van der Waals surface area contributed by atoms with Crippen LogP contribution in [0.3, 0.4) is 0 Å². The van der Waals surface area contributed by atoms with Crippen molar-refractivity contribution in [3.63, 3.8) is 0 Å². The number of ether oxygens (including phenoxy) is 1. The van der Waals surface area contributed by atoms with Crippen LogP contribution in [0.2, 0.25) is 0 Å². The quantitative estimate of drug-likeness (QED) is 0.396. The first-order valence-corrected chi connectivity index (χ1v) is 5.13. The van der Waals surface area contributed by atoms with Gasteiger partial charge in [-0.05, 0) is 12.8 Å². The summed E-state index contributed by atoms with van der Waals surface area (Å²) in [5.41, 5.74) is 0. The zero-order valence-electron chi connectivity index (χ0n) is 7.22. The van der Waals surface area contributed by atoms with Crippen molar-refractivity contribution in [3.05, 3.63) is 0 Å². The van der Waals surface area contributed by atoms with Gasteiger partial charge in [0, 0.05) is 24.6 Å². The van der Waals surface area contributed by atoms with Crippen LogP contribution in [-0.4, -0.2) is 23.7 Å². The van der Waals surface area contributed by atoms with Crippen LogP contribution in [0.4, 0.5) is 0 Å². The number of carbonyl (C=O) groups is 2. The van der Waals surface area contributed by atoms with Gasteiger partial charge in [-0.15, -0.1) is 23.2 Å². The van der Waals surface area contributed by atoms with Crippen LogP contribution < -0.4 is 0 Å². The molecule has 0 radical (unpaired) electrons. The first kappa shape index (κ1) is 12.7. The molecule has 13 heavy (non-hydrogen) atoms. The molecule has 0 aromatic heterocycles. The summed E-state index contributed by atoms with van der Waals surface area (Å²) >= 11 is 10.7. The molecule has 3 nitrogen and oxygen atoms in total. The monoisotopic (exact) mass is 226 g/mol. The second-order valence-corrected chi connectivity index (χ2v) is 3.19. The highest BCUT2D eigenvalue weighted by Gasteiger charge is 2.08. The van der Waals surface area contributed by atoms with E-state index in [1.807, 2.05) is 0 Å². The minimum atomic E-state index is -0.514. The van der Waals surface area contributed by atoms with E-state index in [0.29, 0.717) is 24.6 Å². The van der Waals surface area contributed by atoms with Crippen LogP contribution in [0.5, 0.6) is 0 Å². The molecule has 0 saturated carbocycles. The van der Waals surface area contributed by atoms with E-state index in [9.17, 15) is 9.59 Å². The highest BCUT2D eigenvalue weighted by molar-refractivity contribution is 6.18. The Bertz CT molecular complexity index is 153. The van der Waals surface area contributed by atoms with Crippen LogP contribution >= 0.6 is 23.2 Å². The lowest BCUT2D eigenvalue weighted by Crippen LogP contribution is -2.12. The van der Waals surface area contributed by atoms with E-state index in [2.05, 4.69) is 4.74 Å². The van der Waals surface area contributed by atoms with Crippen molar-refractivity contribution in [1.82, 2.24) is 0 Å². The molecule has 0 aromatic carbocycles. The summed E-state index contributed by atoms with van der Waals surface area (Å²) in [6, 6.07) is 0. The van der Waals surface area contributed by atoms with Crippen molar-refractivity contribution in [3.8, 4) is 0 Å². The Morgan fingerprint density at radius 2 is 1.31 bits per heavy atom. The van der Waals surface area contributed by atoms with E-state index in [1.54, 1.807) is 0 Å². The van der Waals surface area contributed by atoms with Crippen LogP contribution in [-0.2, 0) is 14.3 Å². The molecule has 0 aliphatic rings. The molecule has 0 rings (SSSR count). The summed E-state index contributed by atoms with van der Waals surface area (Å²) in [6.45, 7) is 0. The lowest BCUT2D eigenvalue weighted by Gasteiger charge is -2.00. The average molecular weight is 227 g/mol. The summed E-state index contributed by atoms with van der Waals surface area (Å²) in [5, 5.41) is 0. The lowest BCUT2D eigenvalue weighted by molar-refractivity contribution is -0.159. The summed E-state index contributed by atoms with van der Waals surface area (Å²) in [7, 11) is 0. The van der Waals surface area contributed by atoms with Gasteiger partial charge in [0.25, 0.3) is 0 Å². The highest BCUT2D eigenvalue weighted by atomic mass is 35.5. The van der Waals surface area contributed by atoms with Gasteiger partial charge in [0.2, 0.25) is 0 Å². The molecule has 0 atom stereocenters. The van der Waals surface area contributed by atoms with Crippen molar-refractivity contribution in [1.29, 1.82) is 0 Å². The van der Waals surface area contributed by atoms with Crippen molar-refractivity contribution in [2.45, 2.75) is 25.7 Å². The van der Waals surface area contributed by atoms with Crippen LogP contribution in [0.1, 0.15) is 25.7 Å². The fourth-order valence-corrected chi connectivity index (χ4v) is 0.919. The number of rotatable bonds is 6. The molecular formula is C8H12Cl2O3. The first-order chi connectivity index (χ1) is 6.20. The molecule has 0 heterocycles. The van der Waals surface area contributed by atoms with E-state index >= 15 is 0 Å². The minimum Gasteiger partial charge on any atom is -0.393 e. The number of carbonyl (C=O) groups excluding carboxylic acids is 2. The van der Waals surface area contributed by atoms with E-state index in [4.69, 9.17) is 23.2 Å². The normalized spacial score (nSPS) is 9.69. The maximum atomic E-state index is 10.8. The Labute approximate surface area is 87.3 Å². The van der Waals surface area contributed by atoms with Crippen LogP contribution in [0.25, 0.3) is 0 Å². The largest absolute Gasteiger partial charge is 0.393 e. The highest BCUT2D eigenvalue weighted by Crippen LogP contribution is 1.99. The average Bonchev–Trinajstić information content (AvgIpc) is 2.11. The van der Waals surface area contributed by atoms with E-state index in [0.717, 1.165) is 0 Å². The maximum Gasteiger partial charge on any atom is 0.313 e. The molecule has 0 fully saturated rings. The molecule has 76 valence electrons. The van der Waals surface area contributed by atoms with Gasteiger partial charge in [0.1, 0.15) is 0 Å². The Balaban J connectivity index is 3.47. The minimum absolute atomic E-state index is 0.191. The molecule has 0 aromatic rings. The lowest BCUT2D eigenvalue weighted by atomic mass is 10.3. The Kier molecular flexibility index (Phi) is 8.14. The van der Waals surface area contributed by atoms with E-state index in [-0.39, 0.29) is 12.8 Å². The van der Waals surface area contributed by atoms with Gasteiger partial charge in [0.15, 0.2) is 0 Å². The Morgan fingerprint density at radius 1 is 0.923 bits per heavy atom. The third-order valence-corrected chi connectivity index (χ3v) is 1.79. The predicted molar refractivity (Wildman–Crippen MR) is 51.0 cm³/mol. The Morgan fingerprint density at radius 3 is 1.62 bits per heavy atom. The molecule has 0 spiro atoms. The molecular weight excluding hydrogens is 215 g/mol. The summed E-state index contributed by atoms with van der Waals surface area (Å²) in [4.78, 5) is 21.7. The molecule has 5 heteroatoms. The Hall–Kier alpha value is -0.280. The van der Waals surface area contributed by atoms with Gasteiger partial charge < -0.3 is 4.74 Å². The molecule has 0 unspecified atom stereocenters. The van der Waals surface area contributed by atoms with Crippen molar-refractivity contribution in [2.24, 2.45) is 0 Å². The van der Waals surface area contributed by atoms with Gasteiger partial charge in [0.05, 0.1) is 0 Å². The number of hydrogen-bond acceptors (Lipinski definition) is 3. The summed E-state index contributed by atoms with van der Waals surface area (Å²) in [6.07, 6.45) is 1.44. The number of halogens is 2. The molecule has 0 N–H and O–H groups in total. The third kappa shape index (κ3) is 8.06. The van der Waals surface area contributed by atoms with Crippen LogP contribution in [0, 0.1) is 0 Å². The van der Waals surface area contributed by atoms with Gasteiger partial charge in [-0.25, -0.2) is 0 Å². The van der Waals surface area contributed by atoms with Gasteiger partial charge in [-0.3, -0.25) is 9.59 Å². The first-order valence-electron chi connectivity index (χ1n) is 4.06. The number of esters is 2. The predicted octanol–water partition coefficient (Wildman–Crippen LogP) is 2.09. The smallest absolute Gasteiger partial charge is 0.313 e. The van der Waals surface area contributed by atoms with Crippen molar-refractivity contribution < 1.29 is 14.3 Å². The van der Waals surface area contributed by atoms with E-state index < -0.39 is 11.9 Å². The van der Waals surface area contributed by atoms with Crippen molar-refractivity contribution >= 4 is 35.1 Å². The number of alkyl halides is 2. The molecule has 0 aliphatic carbocycles. The van der Waals surface area contributed by atoms with Crippen LogP contribution in [0.15, 0.2) is 0 Å². The van der Waals surface area contributed by atoms with E-state index in [1.165, 1.54) is 0 Å². The number of hydrogen-bond donors (Lipinski definition) is 0. The van der Waals surface area contributed by atoms with Crippen molar-refractivity contribution in [2.75, 3.05) is 11.8 Å². The molecule has 0 aliphatic heterocycles. The SMILES string of the molecule is O=C(CCCCl)OC(=O)CCCCl. The fourth-order valence-electron chi connectivity index (χ4n) is 0.651. The molecule has 0 amide bonds. The van der Waals surface area contributed by atoms with Gasteiger partial charge in [-0.1, -0.05) is 0 Å². The summed E-state index contributed by atoms with van der Waals surface area (Å²) in [5.74, 6) is -0.240. The second-order valence-electron chi connectivity index (χ2n) is 2.43. The molecule has 0 bridgehead atoms.